The first-order valence-electron chi connectivity index (χ1n) is 15.1. The van der Waals surface area contributed by atoms with Gasteiger partial charge in [0.2, 0.25) is 0 Å². The summed E-state index contributed by atoms with van der Waals surface area (Å²) in [6.07, 6.45) is 4.87. The number of likely N-dealkylation sites (tertiary alicyclic amines) is 1. The van der Waals surface area contributed by atoms with Crippen LogP contribution in [0.15, 0.2) is 43.0 Å². The zero-order valence-electron chi connectivity index (χ0n) is 25.0. The summed E-state index contributed by atoms with van der Waals surface area (Å²) in [6, 6.07) is 9.41. The van der Waals surface area contributed by atoms with Crippen molar-refractivity contribution in [3.63, 3.8) is 0 Å². The molecule has 1 N–H and O–H groups in total. The smallest absolute Gasteiger partial charge is 0.308 e. The minimum Gasteiger partial charge on any atom is -0.504 e. The molecule has 2 aromatic carbocycles. The molecular weight excluding hydrogens is 528 g/mol. The molecule has 7 nitrogen and oxygen atoms in total. The van der Waals surface area contributed by atoms with E-state index in [0.29, 0.717) is 24.5 Å². The predicted octanol–water partition coefficient (Wildman–Crippen LogP) is 4.76. The maximum atomic E-state index is 13.9. The summed E-state index contributed by atoms with van der Waals surface area (Å²) in [5.41, 5.74) is 3.44. The number of aryl methyl sites for hydroxylation is 1. The number of amides is 1. The second kappa shape index (κ2) is 10.8. The summed E-state index contributed by atoms with van der Waals surface area (Å²) in [6.45, 7) is 13.8. The summed E-state index contributed by atoms with van der Waals surface area (Å²) in [4.78, 5) is 30.4. The number of aromatic hydroxyl groups is 1. The third-order valence-corrected chi connectivity index (χ3v) is 9.66. The summed E-state index contributed by atoms with van der Waals surface area (Å²) in [7, 11) is 0. The molecule has 0 aromatic heterocycles. The Kier molecular flexibility index (Phi) is 7.31. The van der Waals surface area contributed by atoms with Crippen LogP contribution in [0.2, 0.25) is 0 Å². The van der Waals surface area contributed by atoms with Crippen molar-refractivity contribution >= 4 is 11.9 Å². The highest BCUT2D eigenvalue weighted by Gasteiger charge is 2.67. The molecule has 6 rings (SSSR count). The molecule has 42 heavy (non-hydrogen) atoms. The van der Waals surface area contributed by atoms with E-state index < -0.39 is 11.4 Å². The van der Waals surface area contributed by atoms with E-state index in [1.165, 1.54) is 13.0 Å². The van der Waals surface area contributed by atoms with Gasteiger partial charge in [0, 0.05) is 60.1 Å². The van der Waals surface area contributed by atoms with Gasteiger partial charge in [0.05, 0.1) is 6.04 Å². The second-order valence-electron chi connectivity index (χ2n) is 12.8. The van der Waals surface area contributed by atoms with Crippen LogP contribution in [-0.2, 0) is 21.4 Å². The first-order valence-corrected chi connectivity index (χ1v) is 15.1. The zero-order valence-corrected chi connectivity index (χ0v) is 25.0. The van der Waals surface area contributed by atoms with E-state index >= 15 is 0 Å². The van der Waals surface area contributed by atoms with E-state index in [2.05, 4.69) is 37.2 Å². The Labute approximate surface area is 248 Å². The molecule has 2 bridgehead atoms. The Morgan fingerprint density at radius 1 is 1.31 bits per heavy atom. The third-order valence-electron chi connectivity index (χ3n) is 9.66. The van der Waals surface area contributed by atoms with Crippen molar-refractivity contribution in [3.8, 4) is 29.1 Å². The van der Waals surface area contributed by atoms with Crippen LogP contribution in [0, 0.1) is 30.6 Å². The van der Waals surface area contributed by atoms with Gasteiger partial charge in [0.25, 0.3) is 5.91 Å². The van der Waals surface area contributed by atoms with E-state index in [1.54, 1.807) is 0 Å². The molecule has 2 aliphatic heterocycles. The Morgan fingerprint density at radius 3 is 2.83 bits per heavy atom. The van der Waals surface area contributed by atoms with Gasteiger partial charge in [0.15, 0.2) is 11.5 Å². The number of hydrogen-bond acceptors (Lipinski definition) is 6. The van der Waals surface area contributed by atoms with Gasteiger partial charge >= 0.3 is 5.97 Å². The number of phenols is 1. The van der Waals surface area contributed by atoms with E-state index in [9.17, 15) is 14.7 Å². The Bertz CT molecular complexity index is 1500. The molecule has 5 atom stereocenters. The summed E-state index contributed by atoms with van der Waals surface area (Å²) in [5.74, 6) is 6.81. The number of carbonyl (C=O) groups is 2. The minimum atomic E-state index is -0.420. The third kappa shape index (κ3) is 4.57. The number of nitrogens with zero attached hydrogens (tertiary/aromatic N) is 2. The van der Waals surface area contributed by atoms with Crippen LogP contribution >= 0.6 is 0 Å². The van der Waals surface area contributed by atoms with E-state index in [1.807, 2.05) is 42.2 Å². The molecule has 0 radical (unpaired) electrons. The first-order chi connectivity index (χ1) is 20.1. The topological polar surface area (TPSA) is 79.3 Å². The van der Waals surface area contributed by atoms with Gasteiger partial charge in [-0.1, -0.05) is 38.0 Å². The largest absolute Gasteiger partial charge is 0.504 e. The van der Waals surface area contributed by atoms with Gasteiger partial charge in [-0.25, -0.2) is 0 Å². The molecule has 7 heteroatoms. The van der Waals surface area contributed by atoms with E-state index in [-0.39, 0.29) is 41.7 Å². The van der Waals surface area contributed by atoms with Crippen molar-refractivity contribution in [1.29, 1.82) is 0 Å². The Balaban J connectivity index is 1.44. The lowest BCUT2D eigenvalue weighted by Gasteiger charge is -2.60. The van der Waals surface area contributed by atoms with Crippen molar-refractivity contribution in [3.05, 3.63) is 65.2 Å². The Morgan fingerprint density at radius 2 is 2.12 bits per heavy atom. The average molecular weight is 569 g/mol. The lowest BCUT2D eigenvalue weighted by atomic mass is 9.50. The number of phenolic OH excluding ortho intramolecular Hbond substituents is 1. The summed E-state index contributed by atoms with van der Waals surface area (Å²) >= 11 is 0. The number of benzene rings is 2. The number of ether oxygens (including phenoxy) is 2. The highest BCUT2D eigenvalue weighted by molar-refractivity contribution is 5.94. The van der Waals surface area contributed by atoms with Crippen molar-refractivity contribution in [2.45, 2.75) is 77.0 Å². The van der Waals surface area contributed by atoms with Crippen LogP contribution < -0.4 is 9.47 Å². The van der Waals surface area contributed by atoms with E-state index in [0.717, 1.165) is 54.6 Å². The van der Waals surface area contributed by atoms with Crippen LogP contribution in [0.25, 0.3) is 0 Å². The molecule has 1 spiro atoms. The standard InChI is InChI=1S/C35H40N2O5/c1-6-15-36-16-14-35-26-11-12-27(37(20-21(2)3)31(40)13-10-24-9-7-8-22(4)17-24)34(35)42-33-29(39)19-30(41-23(5)38)25(32(33)35)18-28(26)36/h6-9,17,19,21,26-28,34,39H,1,11-12,14-16,18,20H2,2-5H3/t26-,27-,28+,34-,35-/m0/s1. The lowest BCUT2D eigenvalue weighted by molar-refractivity contribution is -0.137. The van der Waals surface area contributed by atoms with Crippen molar-refractivity contribution in [1.82, 2.24) is 9.80 Å². The number of hydrogen-bond donors (Lipinski definition) is 1. The van der Waals surface area contributed by atoms with Crippen LogP contribution in [-0.4, -0.2) is 64.6 Å². The van der Waals surface area contributed by atoms with Gasteiger partial charge in [-0.15, -0.1) is 6.58 Å². The molecule has 4 aliphatic rings. The van der Waals surface area contributed by atoms with Gasteiger partial charge < -0.3 is 19.5 Å². The second-order valence-corrected chi connectivity index (χ2v) is 12.8. The lowest BCUT2D eigenvalue weighted by Crippen LogP contribution is -2.69. The number of carbonyl (C=O) groups excluding carboxylic acids is 2. The molecule has 2 aromatic rings. The maximum Gasteiger partial charge on any atom is 0.308 e. The highest BCUT2D eigenvalue weighted by Crippen LogP contribution is 2.65. The van der Waals surface area contributed by atoms with Gasteiger partial charge in [-0.3, -0.25) is 14.5 Å². The van der Waals surface area contributed by atoms with Crippen molar-refractivity contribution < 1.29 is 24.2 Å². The summed E-state index contributed by atoms with van der Waals surface area (Å²) in [5, 5.41) is 11.2. The molecule has 1 saturated carbocycles. The SMILES string of the molecule is C=CCN1CC[C@]23c4c5c(OC(C)=O)cc(O)c4O[C@H]2[C@@H](N(CC(C)C)C(=O)C#Cc2cccc(C)c2)CC[C@H]3[C@H]1C5. The fraction of sp³-hybridized carbons (Fsp3) is 0.486. The monoisotopic (exact) mass is 568 g/mol. The number of esters is 1. The van der Waals surface area contributed by atoms with Crippen LogP contribution in [0.3, 0.4) is 0 Å². The molecule has 1 saturated heterocycles. The quantitative estimate of drug-likeness (QED) is 0.234. The molecular formula is C35H40N2O5. The van der Waals surface area contributed by atoms with Crippen LogP contribution in [0.5, 0.6) is 17.2 Å². The fourth-order valence-corrected chi connectivity index (χ4v) is 8.29. The van der Waals surface area contributed by atoms with Crippen molar-refractivity contribution in [2.75, 3.05) is 19.6 Å². The zero-order chi connectivity index (χ0) is 29.8. The van der Waals surface area contributed by atoms with Gasteiger partial charge in [-0.2, -0.15) is 0 Å². The normalized spacial score (nSPS) is 26.9. The molecule has 2 heterocycles. The minimum absolute atomic E-state index is 0.0146. The fourth-order valence-electron chi connectivity index (χ4n) is 8.29. The van der Waals surface area contributed by atoms with Gasteiger partial charge in [-0.05, 0) is 68.7 Å². The number of rotatable bonds is 6. The van der Waals surface area contributed by atoms with Crippen molar-refractivity contribution in [2.24, 2.45) is 11.8 Å². The first kappa shape index (κ1) is 28.4. The van der Waals surface area contributed by atoms with Gasteiger partial charge in [0.1, 0.15) is 11.9 Å². The average Bonchev–Trinajstić information content (AvgIpc) is 3.28. The maximum absolute atomic E-state index is 13.9. The number of piperidine rings is 1. The molecule has 0 unspecified atom stereocenters. The highest BCUT2D eigenvalue weighted by atomic mass is 16.5. The van der Waals surface area contributed by atoms with Crippen LogP contribution in [0.1, 0.15) is 62.3 Å². The summed E-state index contributed by atoms with van der Waals surface area (Å²) < 4.78 is 12.5. The molecule has 2 aliphatic carbocycles. The van der Waals surface area contributed by atoms with Crippen LogP contribution in [0.4, 0.5) is 0 Å². The molecule has 220 valence electrons. The molecule has 2 fully saturated rings. The Hall–Kier alpha value is -3.76. The molecule has 1 amide bonds. The predicted molar refractivity (Wildman–Crippen MR) is 161 cm³/mol. The van der Waals surface area contributed by atoms with E-state index in [4.69, 9.17) is 9.47 Å².